The normalized spacial score (nSPS) is 18.5. The summed E-state index contributed by atoms with van der Waals surface area (Å²) >= 11 is 0. The lowest BCUT2D eigenvalue weighted by Crippen LogP contribution is -2.16. The van der Waals surface area contributed by atoms with Crippen molar-refractivity contribution < 1.29 is 0 Å². The second-order valence-electron chi connectivity index (χ2n) is 7.73. The Morgan fingerprint density at radius 2 is 1.58 bits per heavy atom. The van der Waals surface area contributed by atoms with Crippen molar-refractivity contribution in [2.45, 2.75) is 32.6 Å². The Morgan fingerprint density at radius 3 is 2.21 bits per heavy atom. The van der Waals surface area contributed by atoms with Crippen LogP contribution in [0.25, 0.3) is 17.2 Å². The molecule has 0 nitrogen and oxygen atoms in total. The van der Waals surface area contributed by atoms with Gasteiger partial charge < -0.3 is 0 Å². The summed E-state index contributed by atoms with van der Waals surface area (Å²) in [5.41, 5.74) is 10.7. The molecule has 0 heterocycles. The molecule has 2 aliphatic rings. The number of benzene rings is 2. The molecule has 24 heavy (non-hydrogen) atoms. The van der Waals surface area contributed by atoms with E-state index in [9.17, 15) is 0 Å². The molecule has 0 aliphatic heterocycles. The predicted molar refractivity (Wildman–Crippen MR) is 105 cm³/mol. The van der Waals surface area contributed by atoms with Crippen LogP contribution >= 0.6 is 0 Å². The monoisotopic (exact) mass is 312 g/mol. The molecule has 2 aliphatic carbocycles. The highest BCUT2D eigenvalue weighted by atomic mass is 14.4. The first-order valence-electron chi connectivity index (χ1n) is 8.69. The number of hydrogen-bond donors (Lipinski definition) is 0. The summed E-state index contributed by atoms with van der Waals surface area (Å²) < 4.78 is 0. The summed E-state index contributed by atoms with van der Waals surface area (Å²) in [7, 11) is 0. The van der Waals surface area contributed by atoms with E-state index in [0.717, 1.165) is 6.42 Å². The molecule has 0 radical (unpaired) electrons. The lowest BCUT2D eigenvalue weighted by molar-refractivity contribution is 0.638. The van der Waals surface area contributed by atoms with E-state index in [1.165, 1.54) is 44.5 Å². The minimum Gasteiger partial charge on any atom is -0.0946 e. The van der Waals surface area contributed by atoms with Gasteiger partial charge in [-0.2, -0.15) is 0 Å². The molecule has 120 valence electrons. The van der Waals surface area contributed by atoms with Gasteiger partial charge in [0.2, 0.25) is 0 Å². The molecule has 0 unspecified atom stereocenters. The van der Waals surface area contributed by atoms with Crippen LogP contribution in [0.15, 0.2) is 61.2 Å². The number of allylic oxidation sites excluding steroid dienone is 3. The first-order chi connectivity index (χ1) is 11.4. The Labute approximate surface area is 145 Å². The van der Waals surface area contributed by atoms with Gasteiger partial charge in [-0.25, -0.2) is 0 Å². The zero-order valence-electron chi connectivity index (χ0n) is 14.8. The van der Waals surface area contributed by atoms with Crippen LogP contribution in [-0.4, -0.2) is 0 Å². The maximum absolute atomic E-state index is 4.37. The summed E-state index contributed by atoms with van der Waals surface area (Å²) in [6, 6.07) is 15.5. The molecule has 0 saturated carbocycles. The Hall–Kier alpha value is -2.34. The average molecular weight is 312 g/mol. The zero-order valence-corrected chi connectivity index (χ0v) is 14.8. The lowest BCUT2D eigenvalue weighted by atomic mass is 9.80. The van der Waals surface area contributed by atoms with Crippen LogP contribution in [0.5, 0.6) is 0 Å². The Morgan fingerprint density at radius 1 is 0.958 bits per heavy atom. The smallest absolute Gasteiger partial charge is 0.0130 e. The van der Waals surface area contributed by atoms with Gasteiger partial charge in [0.1, 0.15) is 0 Å². The van der Waals surface area contributed by atoms with Crippen LogP contribution in [0.4, 0.5) is 0 Å². The van der Waals surface area contributed by atoms with Crippen molar-refractivity contribution >= 4 is 17.2 Å². The highest BCUT2D eigenvalue weighted by Gasteiger charge is 2.32. The van der Waals surface area contributed by atoms with Crippen LogP contribution in [-0.2, 0) is 11.8 Å². The Balaban J connectivity index is 1.66. The second kappa shape index (κ2) is 5.08. The van der Waals surface area contributed by atoms with Gasteiger partial charge in [-0.05, 0) is 52.3 Å². The highest BCUT2D eigenvalue weighted by molar-refractivity contribution is 5.93. The average Bonchev–Trinajstić information content (AvgIpc) is 2.94. The third kappa shape index (κ3) is 2.06. The third-order valence-electron chi connectivity index (χ3n) is 6.05. The van der Waals surface area contributed by atoms with E-state index in [4.69, 9.17) is 0 Å². The van der Waals surface area contributed by atoms with Gasteiger partial charge in [0.05, 0.1) is 0 Å². The van der Waals surface area contributed by atoms with Crippen molar-refractivity contribution in [1.29, 1.82) is 0 Å². The van der Waals surface area contributed by atoms with Crippen LogP contribution < -0.4 is 0 Å². The van der Waals surface area contributed by atoms with Crippen molar-refractivity contribution in [2.24, 2.45) is 5.92 Å². The van der Waals surface area contributed by atoms with E-state index >= 15 is 0 Å². The molecular weight excluding hydrogens is 288 g/mol. The van der Waals surface area contributed by atoms with Crippen LogP contribution in [0.1, 0.15) is 48.6 Å². The maximum atomic E-state index is 4.37. The summed E-state index contributed by atoms with van der Waals surface area (Å²) in [5, 5.41) is 0. The van der Waals surface area contributed by atoms with E-state index in [0.29, 0.717) is 5.92 Å². The van der Waals surface area contributed by atoms with Crippen molar-refractivity contribution in [3.63, 3.8) is 0 Å². The fraction of sp³-hybridized carbons (Fsp3) is 0.250. The largest absolute Gasteiger partial charge is 0.0946 e. The van der Waals surface area contributed by atoms with E-state index in [1.807, 2.05) is 0 Å². The molecule has 0 bridgehead atoms. The number of fused-ring (bicyclic) bond motifs is 2. The first-order valence-corrected chi connectivity index (χ1v) is 8.69. The third-order valence-corrected chi connectivity index (χ3v) is 6.05. The van der Waals surface area contributed by atoms with E-state index in [2.05, 4.69) is 82.5 Å². The predicted octanol–water partition coefficient (Wildman–Crippen LogP) is 6.28. The second-order valence-corrected chi connectivity index (χ2v) is 7.73. The van der Waals surface area contributed by atoms with Crippen LogP contribution in [0.3, 0.4) is 0 Å². The molecular formula is C24H24. The molecule has 0 amide bonds. The van der Waals surface area contributed by atoms with Crippen molar-refractivity contribution in [3.8, 4) is 0 Å². The van der Waals surface area contributed by atoms with Crippen LogP contribution in [0, 0.1) is 5.92 Å². The molecule has 2 aromatic rings. The first kappa shape index (κ1) is 15.2. The summed E-state index contributed by atoms with van der Waals surface area (Å²) in [6.07, 6.45) is 3.30. The minimum absolute atomic E-state index is 0.137. The summed E-state index contributed by atoms with van der Waals surface area (Å²) in [4.78, 5) is 0. The van der Waals surface area contributed by atoms with Crippen molar-refractivity contribution in [3.05, 3.63) is 89.0 Å². The van der Waals surface area contributed by atoms with Crippen LogP contribution in [0.2, 0.25) is 0 Å². The highest BCUT2D eigenvalue weighted by Crippen LogP contribution is 2.46. The fourth-order valence-electron chi connectivity index (χ4n) is 4.13. The van der Waals surface area contributed by atoms with E-state index in [1.54, 1.807) is 0 Å². The number of hydrogen-bond acceptors (Lipinski definition) is 0. The van der Waals surface area contributed by atoms with Gasteiger partial charge in [-0.1, -0.05) is 81.1 Å². The molecule has 0 atom stereocenters. The van der Waals surface area contributed by atoms with Crippen molar-refractivity contribution in [2.75, 3.05) is 0 Å². The quantitative estimate of drug-likeness (QED) is 0.612. The van der Waals surface area contributed by atoms with E-state index in [-0.39, 0.29) is 5.41 Å². The lowest BCUT2D eigenvalue weighted by Gasteiger charge is -2.23. The Bertz CT molecular complexity index is 870. The molecule has 0 N–H and O–H groups in total. The van der Waals surface area contributed by atoms with Gasteiger partial charge in [0.15, 0.2) is 0 Å². The molecule has 2 aromatic carbocycles. The molecule has 0 saturated heterocycles. The van der Waals surface area contributed by atoms with Gasteiger partial charge in [0, 0.05) is 11.3 Å². The number of rotatable bonds is 2. The topological polar surface area (TPSA) is 0 Å². The summed E-state index contributed by atoms with van der Waals surface area (Å²) in [5.74, 6) is 0.319. The molecule has 0 aromatic heterocycles. The van der Waals surface area contributed by atoms with Crippen molar-refractivity contribution in [1.82, 2.24) is 0 Å². The molecule has 0 heteroatoms. The van der Waals surface area contributed by atoms with E-state index < -0.39 is 0 Å². The molecule has 0 spiro atoms. The zero-order chi connectivity index (χ0) is 17.1. The molecule has 0 fully saturated rings. The van der Waals surface area contributed by atoms with Gasteiger partial charge in [-0.3, -0.25) is 0 Å². The minimum atomic E-state index is 0.137. The summed E-state index contributed by atoms with van der Waals surface area (Å²) in [6.45, 7) is 15.6. The van der Waals surface area contributed by atoms with Gasteiger partial charge >= 0.3 is 0 Å². The van der Waals surface area contributed by atoms with Gasteiger partial charge in [-0.15, -0.1) is 0 Å². The fourth-order valence-corrected chi connectivity index (χ4v) is 4.13. The maximum Gasteiger partial charge on any atom is 0.0130 e. The van der Waals surface area contributed by atoms with Gasteiger partial charge in [0.25, 0.3) is 0 Å². The molecule has 4 rings (SSSR count). The Kier molecular flexibility index (Phi) is 3.22. The SMILES string of the molecule is C=C1c2ccccc2C(=C)C1Cc1ccc2c(c1)C(C)(C)C(C)=C2. The standard InChI is InChI=1S/C24H24/c1-15-12-19-11-10-18(14-23(19)24(15,4)5)13-22-16(2)20-8-6-7-9-21(20)17(22)3/h6-12,14,22H,2-3,13H2,1,4-5H3.